The van der Waals surface area contributed by atoms with Gasteiger partial charge in [0.15, 0.2) is 10.9 Å². The molecule has 170 valence electrons. The van der Waals surface area contributed by atoms with E-state index in [9.17, 15) is 24.5 Å². The molecule has 0 spiro atoms. The number of benzene rings is 2. The molecule has 1 fully saturated rings. The molecule has 0 unspecified atom stereocenters. The summed E-state index contributed by atoms with van der Waals surface area (Å²) in [6.45, 7) is 0. The SMILES string of the molecule is Cn1cc(C=C2C(=O)NC(=S)N(c3ccc(Cl)cc3)C2=O)c(C(=O)c2ccc([N+](=O)[O-])cc2)c1. The van der Waals surface area contributed by atoms with Crippen LogP contribution in [0.25, 0.3) is 6.08 Å². The summed E-state index contributed by atoms with van der Waals surface area (Å²) in [6.07, 6.45) is 4.45. The van der Waals surface area contributed by atoms with Crippen LogP contribution in [0.1, 0.15) is 21.5 Å². The first kappa shape index (κ1) is 23.0. The molecule has 1 saturated heterocycles. The second-order valence-corrected chi connectivity index (χ2v) is 8.18. The summed E-state index contributed by atoms with van der Waals surface area (Å²) >= 11 is 11.1. The van der Waals surface area contributed by atoms with E-state index in [1.165, 1.54) is 35.2 Å². The van der Waals surface area contributed by atoms with Crippen molar-refractivity contribution in [2.45, 2.75) is 0 Å². The number of halogens is 1. The van der Waals surface area contributed by atoms with Gasteiger partial charge in [0.2, 0.25) is 0 Å². The largest absolute Gasteiger partial charge is 0.356 e. The third-order valence-corrected chi connectivity index (χ3v) is 5.59. The van der Waals surface area contributed by atoms with Crippen LogP contribution in [0.3, 0.4) is 0 Å². The van der Waals surface area contributed by atoms with Gasteiger partial charge in [0, 0.05) is 53.3 Å². The molecule has 2 amide bonds. The number of ketones is 1. The van der Waals surface area contributed by atoms with Gasteiger partial charge in [0.1, 0.15) is 5.57 Å². The number of nitrogens with one attached hydrogen (secondary N) is 1. The van der Waals surface area contributed by atoms with Crippen molar-refractivity contribution in [3.05, 3.63) is 98.3 Å². The van der Waals surface area contributed by atoms with E-state index in [0.717, 1.165) is 0 Å². The number of nitrogens with zero attached hydrogens (tertiary/aromatic N) is 3. The van der Waals surface area contributed by atoms with E-state index in [2.05, 4.69) is 5.32 Å². The summed E-state index contributed by atoms with van der Waals surface area (Å²) in [5.41, 5.74) is 0.825. The normalized spacial score (nSPS) is 14.9. The highest BCUT2D eigenvalue weighted by atomic mass is 35.5. The molecule has 2 aromatic carbocycles. The van der Waals surface area contributed by atoms with Crippen molar-refractivity contribution >= 4 is 64.0 Å². The second kappa shape index (κ2) is 9.00. The van der Waals surface area contributed by atoms with Gasteiger partial charge in [-0.1, -0.05) is 11.6 Å². The van der Waals surface area contributed by atoms with Crippen LogP contribution in [0.2, 0.25) is 5.02 Å². The summed E-state index contributed by atoms with van der Waals surface area (Å²) in [6, 6.07) is 11.5. The average Bonchev–Trinajstić information content (AvgIpc) is 3.17. The number of nitro benzene ring substituents is 1. The van der Waals surface area contributed by atoms with E-state index in [1.54, 1.807) is 48.3 Å². The van der Waals surface area contributed by atoms with E-state index >= 15 is 0 Å². The summed E-state index contributed by atoms with van der Waals surface area (Å²) in [5, 5.41) is 13.8. The van der Waals surface area contributed by atoms with Crippen molar-refractivity contribution in [2.75, 3.05) is 4.90 Å². The number of hydrogen-bond donors (Lipinski definition) is 1. The van der Waals surface area contributed by atoms with Gasteiger partial charge < -0.3 is 4.57 Å². The van der Waals surface area contributed by atoms with Gasteiger partial charge >= 0.3 is 0 Å². The highest BCUT2D eigenvalue weighted by Gasteiger charge is 2.35. The Balaban J connectivity index is 1.72. The minimum Gasteiger partial charge on any atom is -0.356 e. The van der Waals surface area contributed by atoms with Crippen molar-refractivity contribution in [2.24, 2.45) is 7.05 Å². The summed E-state index contributed by atoms with van der Waals surface area (Å²) in [7, 11) is 1.69. The van der Waals surface area contributed by atoms with E-state index in [-0.39, 0.29) is 27.5 Å². The fraction of sp³-hybridized carbons (Fsp3) is 0.0435. The Bertz CT molecular complexity index is 1390. The number of carbonyl (C=O) groups is 3. The predicted octanol–water partition coefficient (Wildman–Crippen LogP) is 3.65. The first-order valence-electron chi connectivity index (χ1n) is 9.78. The number of thiocarbonyl (C=S) groups is 1. The summed E-state index contributed by atoms with van der Waals surface area (Å²) < 4.78 is 1.61. The Morgan fingerprint density at radius 3 is 2.35 bits per heavy atom. The van der Waals surface area contributed by atoms with E-state index in [0.29, 0.717) is 16.3 Å². The minimum absolute atomic E-state index is 0.0790. The number of anilines is 1. The molecule has 1 aromatic heterocycles. The lowest BCUT2D eigenvalue weighted by Crippen LogP contribution is -2.54. The molecular weight excluding hydrogens is 480 g/mol. The zero-order chi connectivity index (χ0) is 24.6. The van der Waals surface area contributed by atoms with Crippen molar-refractivity contribution < 1.29 is 19.3 Å². The van der Waals surface area contributed by atoms with Crippen LogP contribution in [0, 0.1) is 10.1 Å². The number of carbonyl (C=O) groups excluding carboxylic acids is 3. The zero-order valence-electron chi connectivity index (χ0n) is 17.5. The Labute approximate surface area is 203 Å². The number of rotatable bonds is 5. The van der Waals surface area contributed by atoms with Gasteiger partial charge in [-0.15, -0.1) is 0 Å². The fourth-order valence-electron chi connectivity index (χ4n) is 3.44. The Kier molecular flexibility index (Phi) is 6.10. The average molecular weight is 495 g/mol. The van der Waals surface area contributed by atoms with Gasteiger partial charge in [0.25, 0.3) is 17.5 Å². The third-order valence-electron chi connectivity index (χ3n) is 5.06. The molecule has 0 radical (unpaired) electrons. The molecule has 1 aliphatic rings. The molecule has 0 saturated carbocycles. The molecule has 11 heteroatoms. The van der Waals surface area contributed by atoms with E-state index < -0.39 is 22.5 Å². The lowest BCUT2D eigenvalue weighted by Gasteiger charge is -2.28. The molecule has 0 aliphatic carbocycles. The van der Waals surface area contributed by atoms with Crippen molar-refractivity contribution in [3.63, 3.8) is 0 Å². The number of nitro groups is 1. The maximum absolute atomic E-state index is 13.2. The van der Waals surface area contributed by atoms with Gasteiger partial charge in [0.05, 0.1) is 10.6 Å². The van der Waals surface area contributed by atoms with Crippen LogP contribution in [0.4, 0.5) is 11.4 Å². The summed E-state index contributed by atoms with van der Waals surface area (Å²) in [5.74, 6) is -1.78. The van der Waals surface area contributed by atoms with Crippen molar-refractivity contribution in [1.29, 1.82) is 0 Å². The molecule has 0 bridgehead atoms. The lowest BCUT2D eigenvalue weighted by atomic mass is 10.00. The molecular formula is C23H15ClN4O5S. The number of non-ortho nitro benzene ring substituents is 1. The first-order chi connectivity index (χ1) is 16.2. The zero-order valence-corrected chi connectivity index (χ0v) is 19.1. The molecule has 2 heterocycles. The Hall–Kier alpha value is -4.15. The first-order valence-corrected chi connectivity index (χ1v) is 10.6. The van der Waals surface area contributed by atoms with Crippen LogP contribution in [0.15, 0.2) is 66.5 Å². The fourth-order valence-corrected chi connectivity index (χ4v) is 3.84. The Morgan fingerprint density at radius 1 is 1.09 bits per heavy atom. The van der Waals surface area contributed by atoms with Gasteiger partial charge in [-0.2, -0.15) is 0 Å². The van der Waals surface area contributed by atoms with Crippen LogP contribution in [-0.4, -0.2) is 32.2 Å². The maximum Gasteiger partial charge on any atom is 0.270 e. The Morgan fingerprint density at radius 2 is 1.74 bits per heavy atom. The number of aryl methyl sites for hydroxylation is 1. The lowest BCUT2D eigenvalue weighted by molar-refractivity contribution is -0.384. The predicted molar refractivity (Wildman–Crippen MR) is 130 cm³/mol. The van der Waals surface area contributed by atoms with Crippen molar-refractivity contribution in [1.82, 2.24) is 9.88 Å². The smallest absolute Gasteiger partial charge is 0.270 e. The molecule has 34 heavy (non-hydrogen) atoms. The number of aromatic nitrogens is 1. The highest BCUT2D eigenvalue weighted by molar-refractivity contribution is 7.80. The quantitative estimate of drug-likeness (QED) is 0.145. The van der Waals surface area contributed by atoms with Gasteiger partial charge in [-0.25, -0.2) is 0 Å². The van der Waals surface area contributed by atoms with Crippen LogP contribution in [0.5, 0.6) is 0 Å². The van der Waals surface area contributed by atoms with Crippen LogP contribution >= 0.6 is 23.8 Å². The topological polar surface area (TPSA) is 115 Å². The standard InChI is InChI=1S/C23H15ClN4O5S/c1-26-11-14(19(12-26)20(29)13-2-6-17(7-3-13)28(32)33)10-18-21(30)25-23(34)27(22(18)31)16-8-4-15(24)5-9-16/h2-12H,1H3,(H,25,30,34). The van der Waals surface area contributed by atoms with Gasteiger partial charge in [-0.05, 0) is 54.7 Å². The monoisotopic (exact) mass is 494 g/mol. The van der Waals surface area contributed by atoms with Crippen molar-refractivity contribution in [3.8, 4) is 0 Å². The minimum atomic E-state index is -0.696. The molecule has 4 rings (SSSR count). The third kappa shape index (κ3) is 4.36. The van der Waals surface area contributed by atoms with Crippen LogP contribution < -0.4 is 10.2 Å². The molecule has 1 aliphatic heterocycles. The molecule has 1 N–H and O–H groups in total. The van der Waals surface area contributed by atoms with E-state index in [4.69, 9.17) is 23.8 Å². The maximum atomic E-state index is 13.2. The molecule has 0 atom stereocenters. The molecule has 9 nitrogen and oxygen atoms in total. The van der Waals surface area contributed by atoms with Gasteiger partial charge in [-0.3, -0.25) is 34.7 Å². The van der Waals surface area contributed by atoms with E-state index in [1.807, 2.05) is 0 Å². The van der Waals surface area contributed by atoms with Crippen LogP contribution in [-0.2, 0) is 16.6 Å². The second-order valence-electron chi connectivity index (χ2n) is 7.36. The highest BCUT2D eigenvalue weighted by Crippen LogP contribution is 2.25. The summed E-state index contributed by atoms with van der Waals surface area (Å²) in [4.78, 5) is 50.4. The number of hydrogen-bond acceptors (Lipinski definition) is 6. The number of amides is 2. The molecule has 3 aromatic rings.